The summed E-state index contributed by atoms with van der Waals surface area (Å²) < 4.78 is 41.0. The van der Waals surface area contributed by atoms with E-state index in [-0.39, 0.29) is 4.90 Å². The van der Waals surface area contributed by atoms with Crippen LogP contribution < -0.4 is 14.9 Å². The molecule has 2 aliphatic rings. The molecular formula is C26H28FN3O2S. The number of benzene rings is 3. The number of rotatable bonds is 6. The van der Waals surface area contributed by atoms with Crippen LogP contribution in [0.5, 0.6) is 0 Å². The number of anilines is 2. The summed E-state index contributed by atoms with van der Waals surface area (Å²) in [7, 11) is -3.77. The van der Waals surface area contributed by atoms with Gasteiger partial charge in [-0.3, -0.25) is 4.72 Å². The molecule has 3 aromatic carbocycles. The predicted molar refractivity (Wildman–Crippen MR) is 130 cm³/mol. The van der Waals surface area contributed by atoms with E-state index in [1.165, 1.54) is 23.3 Å². The number of fused-ring (bicyclic) bond motifs is 1. The van der Waals surface area contributed by atoms with E-state index in [2.05, 4.69) is 39.2 Å². The zero-order valence-corrected chi connectivity index (χ0v) is 19.2. The first kappa shape index (κ1) is 21.9. The first-order chi connectivity index (χ1) is 16.0. The van der Waals surface area contributed by atoms with Crippen molar-refractivity contribution < 1.29 is 12.8 Å². The van der Waals surface area contributed by atoms with Crippen LogP contribution in [0, 0.1) is 5.82 Å². The van der Waals surface area contributed by atoms with E-state index in [0.29, 0.717) is 17.8 Å². The minimum Gasteiger partial charge on any atom is -0.371 e. The normalized spacial score (nSPS) is 18.8. The Morgan fingerprint density at radius 3 is 2.42 bits per heavy atom. The number of halogens is 1. The van der Waals surface area contributed by atoms with Gasteiger partial charge in [-0.2, -0.15) is 0 Å². The molecule has 0 unspecified atom stereocenters. The molecule has 0 radical (unpaired) electrons. The van der Waals surface area contributed by atoms with Crippen molar-refractivity contribution in [2.45, 2.75) is 42.7 Å². The maximum atomic E-state index is 13.1. The Kier molecular flexibility index (Phi) is 6.08. The quantitative estimate of drug-likeness (QED) is 0.545. The van der Waals surface area contributed by atoms with Crippen molar-refractivity contribution in [3.8, 4) is 0 Å². The summed E-state index contributed by atoms with van der Waals surface area (Å²) >= 11 is 0. The number of hydrogen-bond donors (Lipinski definition) is 2. The lowest BCUT2D eigenvalue weighted by atomic mass is 10.0. The van der Waals surface area contributed by atoms with E-state index in [9.17, 15) is 12.8 Å². The molecule has 7 heteroatoms. The molecule has 1 fully saturated rings. The summed E-state index contributed by atoms with van der Waals surface area (Å²) in [5.41, 5.74) is 4.41. The Labute approximate surface area is 194 Å². The molecule has 1 saturated heterocycles. The van der Waals surface area contributed by atoms with Crippen LogP contribution in [0.1, 0.15) is 36.4 Å². The molecule has 0 amide bonds. The van der Waals surface area contributed by atoms with Gasteiger partial charge in [-0.25, -0.2) is 12.8 Å². The number of hydrogen-bond acceptors (Lipinski definition) is 4. The van der Waals surface area contributed by atoms with E-state index < -0.39 is 15.8 Å². The molecule has 33 heavy (non-hydrogen) atoms. The van der Waals surface area contributed by atoms with Crippen LogP contribution in [-0.4, -0.2) is 27.5 Å². The Bertz CT molecular complexity index is 1220. The van der Waals surface area contributed by atoms with Gasteiger partial charge in [0.2, 0.25) is 0 Å². The van der Waals surface area contributed by atoms with Crippen molar-refractivity contribution in [1.29, 1.82) is 0 Å². The average Bonchev–Trinajstić information content (AvgIpc) is 3.23. The number of nitrogens with one attached hydrogen (secondary N) is 2. The van der Waals surface area contributed by atoms with Crippen LogP contribution in [0.25, 0.3) is 0 Å². The lowest BCUT2D eigenvalue weighted by molar-refractivity contribution is 0.368. The minimum atomic E-state index is -3.77. The van der Waals surface area contributed by atoms with Crippen molar-refractivity contribution in [2.75, 3.05) is 22.7 Å². The predicted octanol–water partition coefficient (Wildman–Crippen LogP) is 4.87. The second-order valence-corrected chi connectivity index (χ2v) is 10.5. The Balaban J connectivity index is 1.20. The van der Waals surface area contributed by atoms with Gasteiger partial charge < -0.3 is 10.2 Å². The summed E-state index contributed by atoms with van der Waals surface area (Å²) in [5.74, 6) is -0.467. The van der Waals surface area contributed by atoms with E-state index in [0.717, 1.165) is 56.6 Å². The second-order valence-electron chi connectivity index (χ2n) is 8.83. The monoisotopic (exact) mass is 465 g/mol. The van der Waals surface area contributed by atoms with Crippen LogP contribution in [0.4, 0.5) is 15.8 Å². The number of nitrogens with zero attached hydrogens (tertiary/aromatic N) is 1. The standard InChI is InChI=1S/C26H28FN3O2S/c27-20-9-11-24(12-10-20)33(31,32)29-22-5-3-6-23(18-22)30-16-14-21(15-17-30)28-26-13-8-19-4-1-2-7-25(19)26/h1-7,9-12,18,21,26,28-29H,8,13-17H2/t26-/m1/s1. The van der Waals surface area contributed by atoms with Gasteiger partial charge in [0.25, 0.3) is 10.0 Å². The highest BCUT2D eigenvalue weighted by atomic mass is 32.2. The highest BCUT2D eigenvalue weighted by Gasteiger charge is 2.27. The molecular weight excluding hydrogens is 437 g/mol. The highest BCUT2D eigenvalue weighted by Crippen LogP contribution is 2.32. The number of aryl methyl sites for hydroxylation is 1. The fourth-order valence-electron chi connectivity index (χ4n) is 4.91. The lowest BCUT2D eigenvalue weighted by Crippen LogP contribution is -2.43. The third-order valence-electron chi connectivity index (χ3n) is 6.65. The average molecular weight is 466 g/mol. The summed E-state index contributed by atoms with van der Waals surface area (Å²) in [4.78, 5) is 2.34. The third-order valence-corrected chi connectivity index (χ3v) is 8.05. The Hall–Kier alpha value is -2.90. The second kappa shape index (κ2) is 9.15. The molecule has 3 aromatic rings. The molecule has 0 bridgehead atoms. The van der Waals surface area contributed by atoms with Crippen molar-refractivity contribution >= 4 is 21.4 Å². The molecule has 0 spiro atoms. The number of sulfonamides is 1. The van der Waals surface area contributed by atoms with Gasteiger partial charge >= 0.3 is 0 Å². The highest BCUT2D eigenvalue weighted by molar-refractivity contribution is 7.92. The van der Waals surface area contributed by atoms with Crippen molar-refractivity contribution in [1.82, 2.24) is 5.32 Å². The first-order valence-electron chi connectivity index (χ1n) is 11.5. The Morgan fingerprint density at radius 2 is 1.64 bits per heavy atom. The maximum absolute atomic E-state index is 13.1. The zero-order valence-electron chi connectivity index (χ0n) is 18.4. The van der Waals surface area contributed by atoms with Crippen molar-refractivity contribution in [2.24, 2.45) is 0 Å². The van der Waals surface area contributed by atoms with E-state index in [1.54, 1.807) is 6.07 Å². The summed E-state index contributed by atoms with van der Waals surface area (Å²) in [5, 5.41) is 3.87. The van der Waals surface area contributed by atoms with Gasteiger partial charge in [0.05, 0.1) is 10.6 Å². The third kappa shape index (κ3) is 4.89. The topological polar surface area (TPSA) is 61.4 Å². The molecule has 0 saturated carbocycles. The summed E-state index contributed by atoms with van der Waals surface area (Å²) in [6, 6.07) is 21.9. The minimum absolute atomic E-state index is 0.0367. The lowest BCUT2D eigenvalue weighted by Gasteiger charge is -2.35. The fraction of sp³-hybridized carbons (Fsp3) is 0.308. The largest absolute Gasteiger partial charge is 0.371 e. The van der Waals surface area contributed by atoms with E-state index >= 15 is 0 Å². The Morgan fingerprint density at radius 1 is 0.879 bits per heavy atom. The molecule has 5 nitrogen and oxygen atoms in total. The molecule has 1 aliphatic heterocycles. The van der Waals surface area contributed by atoms with Crippen LogP contribution in [0.3, 0.4) is 0 Å². The smallest absolute Gasteiger partial charge is 0.261 e. The van der Waals surface area contributed by atoms with Gasteiger partial charge in [0, 0.05) is 30.9 Å². The summed E-state index contributed by atoms with van der Waals surface area (Å²) in [6.45, 7) is 1.83. The molecule has 1 atom stereocenters. The molecule has 172 valence electrons. The van der Waals surface area contributed by atoms with Gasteiger partial charge in [-0.15, -0.1) is 0 Å². The maximum Gasteiger partial charge on any atom is 0.261 e. The van der Waals surface area contributed by atoms with E-state index in [1.807, 2.05) is 18.2 Å². The van der Waals surface area contributed by atoms with Gasteiger partial charge in [0.1, 0.15) is 5.82 Å². The molecule has 2 N–H and O–H groups in total. The first-order valence-corrected chi connectivity index (χ1v) is 12.9. The van der Waals surface area contributed by atoms with Gasteiger partial charge in [-0.05, 0) is 79.3 Å². The fourth-order valence-corrected chi connectivity index (χ4v) is 5.96. The van der Waals surface area contributed by atoms with Crippen LogP contribution in [0.2, 0.25) is 0 Å². The molecule has 1 aliphatic carbocycles. The van der Waals surface area contributed by atoms with Crippen LogP contribution in [0.15, 0.2) is 77.7 Å². The molecule has 5 rings (SSSR count). The molecule has 1 heterocycles. The van der Waals surface area contributed by atoms with Gasteiger partial charge in [0.15, 0.2) is 0 Å². The zero-order chi connectivity index (χ0) is 22.8. The number of piperidine rings is 1. The van der Waals surface area contributed by atoms with Gasteiger partial charge in [-0.1, -0.05) is 30.3 Å². The van der Waals surface area contributed by atoms with Crippen molar-refractivity contribution in [3.05, 3.63) is 89.7 Å². The van der Waals surface area contributed by atoms with E-state index in [4.69, 9.17) is 0 Å². The summed E-state index contributed by atoms with van der Waals surface area (Å²) in [6.07, 6.45) is 4.40. The van der Waals surface area contributed by atoms with Crippen LogP contribution >= 0.6 is 0 Å². The van der Waals surface area contributed by atoms with Crippen molar-refractivity contribution in [3.63, 3.8) is 0 Å². The molecule has 0 aromatic heterocycles. The SMILES string of the molecule is O=S(=O)(Nc1cccc(N2CCC(N[C@@H]3CCc4ccccc43)CC2)c1)c1ccc(F)cc1. The van der Waals surface area contributed by atoms with Crippen LogP contribution in [-0.2, 0) is 16.4 Å².